The average Bonchev–Trinajstić information content (AvgIpc) is 2.67. The summed E-state index contributed by atoms with van der Waals surface area (Å²) < 4.78 is 37.0. The minimum Gasteiger partial charge on any atom is -0.484 e. The van der Waals surface area contributed by atoms with Gasteiger partial charge in [0, 0.05) is 24.4 Å². The second kappa shape index (κ2) is 8.75. The molecule has 0 atom stereocenters. The van der Waals surface area contributed by atoms with Gasteiger partial charge in [-0.05, 0) is 42.5 Å². The Kier molecular flexibility index (Phi) is 5.94. The minimum atomic E-state index is -0.420. The van der Waals surface area contributed by atoms with E-state index >= 15 is 0 Å². The van der Waals surface area contributed by atoms with Gasteiger partial charge in [0.15, 0.2) is 6.61 Å². The molecule has 0 bridgehead atoms. The van der Waals surface area contributed by atoms with Gasteiger partial charge in [0.2, 0.25) is 5.88 Å². The van der Waals surface area contributed by atoms with Crippen LogP contribution in [0.4, 0.5) is 8.78 Å². The molecule has 1 N–H and O–H groups in total. The van der Waals surface area contributed by atoms with Crippen LogP contribution in [-0.2, 0) is 11.3 Å². The van der Waals surface area contributed by atoms with E-state index in [9.17, 15) is 13.6 Å². The van der Waals surface area contributed by atoms with Crippen LogP contribution in [0.3, 0.4) is 0 Å². The number of amides is 1. The number of hydrogen-bond acceptors (Lipinski definition) is 4. The summed E-state index contributed by atoms with van der Waals surface area (Å²) in [5, 5.41) is 2.69. The van der Waals surface area contributed by atoms with Crippen LogP contribution in [0, 0.1) is 11.6 Å². The lowest BCUT2D eigenvalue weighted by Gasteiger charge is -2.11. The van der Waals surface area contributed by atoms with Gasteiger partial charge in [-0.15, -0.1) is 0 Å². The van der Waals surface area contributed by atoms with Crippen LogP contribution in [0.25, 0.3) is 0 Å². The topological polar surface area (TPSA) is 60.5 Å². The van der Waals surface area contributed by atoms with Crippen LogP contribution >= 0.6 is 0 Å². The molecule has 27 heavy (non-hydrogen) atoms. The summed E-state index contributed by atoms with van der Waals surface area (Å²) in [5.41, 5.74) is 0.622. The van der Waals surface area contributed by atoms with Crippen molar-refractivity contribution in [3.8, 4) is 17.4 Å². The van der Waals surface area contributed by atoms with Gasteiger partial charge in [0.05, 0.1) is 0 Å². The summed E-state index contributed by atoms with van der Waals surface area (Å²) in [7, 11) is 0. The van der Waals surface area contributed by atoms with Crippen molar-refractivity contribution in [2.75, 3.05) is 6.61 Å². The van der Waals surface area contributed by atoms with Crippen molar-refractivity contribution >= 4 is 5.91 Å². The fraction of sp³-hybridized carbons (Fsp3) is 0.100. The van der Waals surface area contributed by atoms with Gasteiger partial charge in [-0.2, -0.15) is 0 Å². The van der Waals surface area contributed by atoms with Crippen molar-refractivity contribution in [3.63, 3.8) is 0 Å². The molecule has 1 heterocycles. The second-order valence-corrected chi connectivity index (χ2v) is 5.55. The Labute approximate surface area is 154 Å². The van der Waals surface area contributed by atoms with E-state index < -0.39 is 5.82 Å². The van der Waals surface area contributed by atoms with E-state index in [-0.39, 0.29) is 30.8 Å². The highest BCUT2D eigenvalue weighted by atomic mass is 19.1. The lowest BCUT2D eigenvalue weighted by Crippen LogP contribution is -2.28. The Bertz CT molecular complexity index is 917. The zero-order chi connectivity index (χ0) is 19.1. The highest BCUT2D eigenvalue weighted by molar-refractivity contribution is 5.77. The summed E-state index contributed by atoms with van der Waals surface area (Å²) in [5.74, 6) is -0.197. The van der Waals surface area contributed by atoms with Crippen LogP contribution in [-0.4, -0.2) is 17.5 Å². The number of carbonyl (C=O) groups excluding carboxylic acids is 1. The standard InChI is InChI=1S/C20H16F2N2O3/c21-15-6-8-17(9-7-15)26-13-19(25)24-12-14-3-2-10-23-20(14)27-18-5-1-4-16(22)11-18/h1-11H,12-13H2,(H,24,25). The van der Waals surface area contributed by atoms with E-state index in [1.165, 1.54) is 48.7 Å². The summed E-state index contributed by atoms with van der Waals surface area (Å²) in [4.78, 5) is 16.1. The van der Waals surface area contributed by atoms with E-state index in [1.807, 2.05) is 0 Å². The van der Waals surface area contributed by atoms with Gasteiger partial charge in [-0.1, -0.05) is 12.1 Å². The third-order valence-electron chi connectivity index (χ3n) is 3.52. The Morgan fingerprint density at radius 1 is 0.963 bits per heavy atom. The molecule has 0 saturated carbocycles. The van der Waals surface area contributed by atoms with Gasteiger partial charge in [0.1, 0.15) is 23.1 Å². The lowest BCUT2D eigenvalue weighted by molar-refractivity contribution is -0.123. The first-order valence-corrected chi connectivity index (χ1v) is 8.12. The molecule has 0 fully saturated rings. The molecule has 7 heteroatoms. The third kappa shape index (κ3) is 5.50. The van der Waals surface area contributed by atoms with Gasteiger partial charge in [-0.3, -0.25) is 4.79 Å². The molecule has 0 radical (unpaired) electrons. The van der Waals surface area contributed by atoms with Crippen LogP contribution in [0.2, 0.25) is 0 Å². The molecule has 0 aliphatic rings. The van der Waals surface area contributed by atoms with Gasteiger partial charge >= 0.3 is 0 Å². The fourth-order valence-electron chi connectivity index (χ4n) is 2.22. The molecular weight excluding hydrogens is 354 g/mol. The molecule has 0 aliphatic carbocycles. The Hall–Kier alpha value is -3.48. The van der Waals surface area contributed by atoms with Crippen molar-refractivity contribution in [1.29, 1.82) is 0 Å². The molecule has 2 aromatic carbocycles. The first-order chi connectivity index (χ1) is 13.1. The molecule has 138 valence electrons. The van der Waals surface area contributed by atoms with Crippen LogP contribution in [0.15, 0.2) is 66.9 Å². The summed E-state index contributed by atoms with van der Waals surface area (Å²) >= 11 is 0. The smallest absolute Gasteiger partial charge is 0.258 e. The number of nitrogens with one attached hydrogen (secondary N) is 1. The number of hydrogen-bond donors (Lipinski definition) is 1. The molecule has 5 nitrogen and oxygen atoms in total. The predicted octanol–water partition coefficient (Wildman–Crippen LogP) is 3.85. The lowest BCUT2D eigenvalue weighted by atomic mass is 10.2. The number of rotatable bonds is 7. The molecule has 3 aromatic rings. The highest BCUT2D eigenvalue weighted by Crippen LogP contribution is 2.23. The third-order valence-corrected chi connectivity index (χ3v) is 3.52. The SMILES string of the molecule is O=C(COc1ccc(F)cc1)NCc1cccnc1Oc1cccc(F)c1. The van der Waals surface area contributed by atoms with Crippen LogP contribution in [0.1, 0.15) is 5.56 Å². The Morgan fingerprint density at radius 3 is 2.56 bits per heavy atom. The van der Waals surface area contributed by atoms with Crippen molar-refractivity contribution in [2.24, 2.45) is 0 Å². The number of nitrogens with zero attached hydrogens (tertiary/aromatic N) is 1. The average molecular weight is 370 g/mol. The van der Waals surface area contributed by atoms with Gasteiger partial charge < -0.3 is 14.8 Å². The second-order valence-electron chi connectivity index (χ2n) is 5.55. The monoisotopic (exact) mass is 370 g/mol. The normalized spacial score (nSPS) is 10.3. The van der Waals surface area contributed by atoms with Gasteiger partial charge in [-0.25, -0.2) is 13.8 Å². The summed E-state index contributed by atoms with van der Waals surface area (Å²) in [6.07, 6.45) is 1.54. The molecule has 0 spiro atoms. The van der Waals surface area contributed by atoms with E-state index in [1.54, 1.807) is 18.2 Å². The maximum absolute atomic E-state index is 13.3. The maximum Gasteiger partial charge on any atom is 0.258 e. The number of pyridine rings is 1. The molecule has 1 amide bonds. The number of benzene rings is 2. The number of ether oxygens (including phenoxy) is 2. The first-order valence-electron chi connectivity index (χ1n) is 8.12. The van der Waals surface area contributed by atoms with E-state index in [0.717, 1.165) is 0 Å². The molecule has 0 unspecified atom stereocenters. The summed E-state index contributed by atoms with van der Waals surface area (Å²) in [6.45, 7) is -0.0594. The fourth-order valence-corrected chi connectivity index (χ4v) is 2.22. The van der Waals surface area contributed by atoms with Crippen LogP contribution in [0.5, 0.6) is 17.4 Å². The minimum absolute atomic E-state index is 0.157. The van der Waals surface area contributed by atoms with E-state index in [4.69, 9.17) is 9.47 Å². The molecule has 3 rings (SSSR count). The Balaban J connectivity index is 1.56. The van der Waals surface area contributed by atoms with Crippen LogP contribution < -0.4 is 14.8 Å². The van der Waals surface area contributed by atoms with Crippen molar-refractivity contribution < 1.29 is 23.0 Å². The molecular formula is C20H16F2N2O3. The molecule has 0 aliphatic heterocycles. The zero-order valence-electron chi connectivity index (χ0n) is 14.2. The largest absolute Gasteiger partial charge is 0.484 e. The highest BCUT2D eigenvalue weighted by Gasteiger charge is 2.09. The predicted molar refractivity (Wildman–Crippen MR) is 94.5 cm³/mol. The first kappa shape index (κ1) is 18.3. The summed E-state index contributed by atoms with van der Waals surface area (Å²) in [6, 6.07) is 14.5. The van der Waals surface area contributed by atoms with E-state index in [2.05, 4.69) is 10.3 Å². The molecule has 1 aromatic heterocycles. The Morgan fingerprint density at radius 2 is 1.78 bits per heavy atom. The molecule has 0 saturated heterocycles. The van der Waals surface area contributed by atoms with E-state index in [0.29, 0.717) is 17.1 Å². The quantitative estimate of drug-likeness (QED) is 0.686. The number of halogens is 2. The van der Waals surface area contributed by atoms with Crippen molar-refractivity contribution in [2.45, 2.75) is 6.54 Å². The van der Waals surface area contributed by atoms with Crippen molar-refractivity contribution in [1.82, 2.24) is 10.3 Å². The maximum atomic E-state index is 13.3. The van der Waals surface area contributed by atoms with Crippen molar-refractivity contribution in [3.05, 3.63) is 84.1 Å². The number of aromatic nitrogens is 1. The zero-order valence-corrected chi connectivity index (χ0v) is 14.2. The number of carbonyl (C=O) groups is 1. The van der Waals surface area contributed by atoms with Gasteiger partial charge in [0.25, 0.3) is 5.91 Å².